The van der Waals surface area contributed by atoms with Crippen molar-refractivity contribution in [2.45, 2.75) is 24.5 Å². The molecule has 0 aromatic heterocycles. The molecule has 0 aliphatic heterocycles. The first kappa shape index (κ1) is 12.4. The van der Waals surface area contributed by atoms with Crippen molar-refractivity contribution in [1.82, 2.24) is 4.89 Å². The van der Waals surface area contributed by atoms with E-state index in [1.165, 1.54) is 12.1 Å². The second-order valence-corrected chi connectivity index (χ2v) is 10.2. The van der Waals surface area contributed by atoms with Crippen LogP contribution in [0.5, 0.6) is 0 Å². The lowest BCUT2D eigenvalue weighted by Gasteiger charge is -2.17. The van der Waals surface area contributed by atoms with Crippen molar-refractivity contribution in [3.63, 3.8) is 0 Å². The van der Waals surface area contributed by atoms with Gasteiger partial charge < -0.3 is 4.53 Å². The van der Waals surface area contributed by atoms with Gasteiger partial charge in [0, 0.05) is 0 Å². The van der Waals surface area contributed by atoms with Crippen LogP contribution < -0.4 is 4.89 Å². The fraction of sp³-hybridized carbons (Fsp3) is 0.333. The van der Waals surface area contributed by atoms with E-state index >= 15 is 0 Å². The first-order chi connectivity index (χ1) is 6.81. The summed E-state index contributed by atoms with van der Waals surface area (Å²) >= 11 is 0. The lowest BCUT2D eigenvalue weighted by molar-refractivity contribution is 0.261. The van der Waals surface area contributed by atoms with Gasteiger partial charge in [0.1, 0.15) is 0 Å². The summed E-state index contributed by atoms with van der Waals surface area (Å²) < 4.78 is 28.5. The third kappa shape index (κ3) is 4.13. The Morgan fingerprint density at radius 2 is 1.67 bits per heavy atom. The zero-order chi connectivity index (χ0) is 11.5. The van der Waals surface area contributed by atoms with E-state index in [1.54, 1.807) is 18.2 Å². The van der Waals surface area contributed by atoms with Crippen LogP contribution in [-0.2, 0) is 14.6 Å². The highest BCUT2D eigenvalue weighted by Crippen LogP contribution is 2.09. The van der Waals surface area contributed by atoms with E-state index in [0.29, 0.717) is 0 Å². The van der Waals surface area contributed by atoms with Crippen LogP contribution in [0.15, 0.2) is 35.2 Å². The number of hydrogen-bond acceptors (Lipinski definition) is 3. The van der Waals surface area contributed by atoms with E-state index in [1.807, 2.05) is 19.6 Å². The summed E-state index contributed by atoms with van der Waals surface area (Å²) in [5.74, 6) is 0. The molecule has 0 saturated heterocycles. The van der Waals surface area contributed by atoms with Gasteiger partial charge in [-0.1, -0.05) is 18.2 Å². The number of rotatable bonds is 4. The zero-order valence-corrected chi connectivity index (χ0v) is 10.8. The van der Waals surface area contributed by atoms with Crippen LogP contribution in [0.2, 0.25) is 19.6 Å². The van der Waals surface area contributed by atoms with Crippen LogP contribution in [0, 0.1) is 0 Å². The maximum Gasteiger partial charge on any atom is 0.261 e. The molecule has 4 nitrogen and oxygen atoms in total. The van der Waals surface area contributed by atoms with Crippen LogP contribution >= 0.6 is 0 Å². The molecule has 1 rings (SSSR count). The maximum atomic E-state index is 11.7. The highest BCUT2D eigenvalue weighted by molar-refractivity contribution is 7.89. The first-order valence-corrected chi connectivity index (χ1v) is 9.45. The number of nitrogens with one attached hydrogen (secondary N) is 1. The molecule has 0 aliphatic rings. The summed E-state index contributed by atoms with van der Waals surface area (Å²) in [6.07, 6.45) is 0. The topological polar surface area (TPSA) is 55.4 Å². The predicted molar refractivity (Wildman–Crippen MR) is 61.2 cm³/mol. The monoisotopic (exact) mass is 245 g/mol. The smallest absolute Gasteiger partial charge is 0.261 e. The standard InChI is InChI=1S/C9H15NO3SSi/c1-15(2,3)13-10-14(11,12)9-7-5-4-6-8-9/h4-8,10H,1-3H3. The predicted octanol–water partition coefficient (Wildman–Crippen LogP) is 1.73. The molecule has 1 N–H and O–H groups in total. The molecule has 0 amide bonds. The molecule has 0 fully saturated rings. The van der Waals surface area contributed by atoms with Gasteiger partial charge in [-0.3, -0.25) is 0 Å². The van der Waals surface area contributed by atoms with Crippen molar-refractivity contribution in [3.05, 3.63) is 30.3 Å². The van der Waals surface area contributed by atoms with Gasteiger partial charge in [0.25, 0.3) is 10.0 Å². The molecule has 0 aliphatic carbocycles. The zero-order valence-electron chi connectivity index (χ0n) is 9.02. The van der Waals surface area contributed by atoms with Crippen molar-refractivity contribution in [2.75, 3.05) is 0 Å². The average Bonchev–Trinajstić information content (AvgIpc) is 2.16. The minimum atomic E-state index is -3.53. The Morgan fingerprint density at radius 3 is 2.13 bits per heavy atom. The van der Waals surface area contributed by atoms with Crippen LogP contribution in [0.4, 0.5) is 0 Å². The Kier molecular flexibility index (Phi) is 3.66. The molecule has 0 heterocycles. The molecule has 0 atom stereocenters. The van der Waals surface area contributed by atoms with Gasteiger partial charge in [0.2, 0.25) is 8.32 Å². The summed E-state index contributed by atoms with van der Waals surface area (Å²) in [5, 5.41) is 0. The summed E-state index contributed by atoms with van der Waals surface area (Å²) in [6.45, 7) is 5.71. The molecule has 0 spiro atoms. The number of benzene rings is 1. The molecule has 15 heavy (non-hydrogen) atoms. The van der Waals surface area contributed by atoms with Crippen molar-refractivity contribution >= 4 is 18.3 Å². The van der Waals surface area contributed by atoms with Gasteiger partial charge in [0.05, 0.1) is 4.90 Å². The van der Waals surface area contributed by atoms with Crippen LogP contribution in [0.3, 0.4) is 0 Å². The Bertz CT molecular complexity index is 411. The molecule has 84 valence electrons. The Balaban J connectivity index is 2.78. The van der Waals surface area contributed by atoms with Gasteiger partial charge in [-0.15, -0.1) is 4.89 Å². The molecule has 0 radical (unpaired) electrons. The van der Waals surface area contributed by atoms with Crippen molar-refractivity contribution in [2.24, 2.45) is 0 Å². The van der Waals surface area contributed by atoms with E-state index in [2.05, 4.69) is 4.89 Å². The SMILES string of the molecule is C[Si](C)(C)ONS(=O)(=O)c1ccccc1. The van der Waals surface area contributed by atoms with E-state index in [9.17, 15) is 8.42 Å². The quantitative estimate of drug-likeness (QED) is 0.649. The largest absolute Gasteiger partial charge is 0.332 e. The summed E-state index contributed by atoms with van der Waals surface area (Å²) in [7, 11) is -5.42. The van der Waals surface area contributed by atoms with E-state index in [-0.39, 0.29) is 4.90 Å². The average molecular weight is 245 g/mol. The van der Waals surface area contributed by atoms with Crippen LogP contribution in [0.25, 0.3) is 0 Å². The first-order valence-electron chi connectivity index (χ1n) is 4.56. The third-order valence-corrected chi connectivity index (χ3v) is 3.57. The minimum Gasteiger partial charge on any atom is -0.332 e. The Labute approximate surface area is 91.4 Å². The maximum absolute atomic E-state index is 11.7. The van der Waals surface area contributed by atoms with Crippen LogP contribution in [0.1, 0.15) is 0 Å². The molecule has 0 unspecified atom stereocenters. The fourth-order valence-electron chi connectivity index (χ4n) is 0.828. The fourth-order valence-corrected chi connectivity index (χ4v) is 2.88. The summed E-state index contributed by atoms with van der Waals surface area (Å²) in [4.78, 5) is 2.36. The second kappa shape index (κ2) is 4.44. The highest BCUT2D eigenvalue weighted by Gasteiger charge is 2.20. The molecule has 1 aromatic rings. The van der Waals surface area contributed by atoms with E-state index in [0.717, 1.165) is 0 Å². The van der Waals surface area contributed by atoms with E-state index < -0.39 is 18.3 Å². The number of sulfonamides is 1. The molecular weight excluding hydrogens is 230 g/mol. The molecule has 6 heteroatoms. The van der Waals surface area contributed by atoms with Gasteiger partial charge in [-0.2, -0.15) is 0 Å². The molecule has 0 bridgehead atoms. The minimum absolute atomic E-state index is 0.211. The second-order valence-electron chi connectivity index (χ2n) is 4.11. The van der Waals surface area contributed by atoms with Gasteiger partial charge >= 0.3 is 0 Å². The normalized spacial score (nSPS) is 12.7. The third-order valence-electron chi connectivity index (χ3n) is 1.51. The summed E-state index contributed by atoms with van der Waals surface area (Å²) in [5.41, 5.74) is 0. The van der Waals surface area contributed by atoms with Crippen molar-refractivity contribution in [3.8, 4) is 0 Å². The van der Waals surface area contributed by atoms with Gasteiger partial charge in [-0.25, -0.2) is 8.42 Å². The Morgan fingerprint density at radius 1 is 1.13 bits per heavy atom. The van der Waals surface area contributed by atoms with Crippen molar-refractivity contribution in [1.29, 1.82) is 0 Å². The lowest BCUT2D eigenvalue weighted by Crippen LogP contribution is -2.37. The molecule has 0 saturated carbocycles. The molecule has 1 aromatic carbocycles. The lowest BCUT2D eigenvalue weighted by atomic mass is 10.4. The van der Waals surface area contributed by atoms with Crippen molar-refractivity contribution < 1.29 is 12.9 Å². The van der Waals surface area contributed by atoms with Crippen LogP contribution in [-0.4, -0.2) is 16.7 Å². The van der Waals surface area contributed by atoms with Gasteiger partial charge in [-0.05, 0) is 31.8 Å². The number of hydrogen-bond donors (Lipinski definition) is 1. The Hall–Kier alpha value is -0.693. The summed E-state index contributed by atoms with van der Waals surface area (Å²) in [6, 6.07) is 8.15. The molecular formula is C9H15NO3SSi. The highest BCUT2D eigenvalue weighted by atomic mass is 32.2. The van der Waals surface area contributed by atoms with Gasteiger partial charge in [0.15, 0.2) is 0 Å². The van der Waals surface area contributed by atoms with E-state index in [4.69, 9.17) is 4.53 Å².